The van der Waals surface area contributed by atoms with Crippen molar-refractivity contribution in [3.8, 4) is 0 Å². The molecule has 0 spiro atoms. The highest BCUT2D eigenvalue weighted by molar-refractivity contribution is 9.10. The molecule has 0 fully saturated rings. The number of anilines is 1. The molecule has 0 aliphatic heterocycles. The molecule has 0 aliphatic carbocycles. The molecule has 1 aromatic carbocycles. The zero-order chi connectivity index (χ0) is 8.27. The maximum atomic E-state index is 5.46. The first-order chi connectivity index (χ1) is 5.24. The van der Waals surface area contributed by atoms with Crippen LogP contribution in [0, 0.1) is 0 Å². The summed E-state index contributed by atoms with van der Waals surface area (Å²) in [5.74, 6) is 0. The van der Waals surface area contributed by atoms with E-state index in [1.807, 2.05) is 36.2 Å². The van der Waals surface area contributed by atoms with Crippen LogP contribution in [0.25, 0.3) is 0 Å². The fourth-order valence-electron chi connectivity index (χ4n) is 0.801. The molecular formula is C8H11BrN2. The third-order valence-electron chi connectivity index (χ3n) is 1.54. The first-order valence-corrected chi connectivity index (χ1v) is 4.20. The molecule has 0 atom stereocenters. The standard InChI is InChI=1S/C8H11BrN2/c1-11(6-10)8-4-2-7(9)3-5-8/h2-5H,6,10H2,1H3. The minimum Gasteiger partial charge on any atom is -0.362 e. The largest absolute Gasteiger partial charge is 0.362 e. The van der Waals surface area contributed by atoms with Crippen molar-refractivity contribution in [3.05, 3.63) is 28.7 Å². The smallest absolute Gasteiger partial charge is 0.0653 e. The Bertz CT molecular complexity index is 220. The van der Waals surface area contributed by atoms with Gasteiger partial charge in [0.25, 0.3) is 0 Å². The van der Waals surface area contributed by atoms with E-state index in [2.05, 4.69) is 15.9 Å². The Kier molecular flexibility index (Phi) is 2.91. The second kappa shape index (κ2) is 3.74. The van der Waals surface area contributed by atoms with E-state index < -0.39 is 0 Å². The van der Waals surface area contributed by atoms with E-state index in [1.54, 1.807) is 0 Å². The van der Waals surface area contributed by atoms with Crippen molar-refractivity contribution in [2.75, 3.05) is 18.6 Å². The molecule has 3 heteroatoms. The van der Waals surface area contributed by atoms with Crippen molar-refractivity contribution < 1.29 is 0 Å². The Labute approximate surface area is 75.1 Å². The van der Waals surface area contributed by atoms with Gasteiger partial charge in [0.1, 0.15) is 0 Å². The van der Waals surface area contributed by atoms with Crippen LogP contribution >= 0.6 is 15.9 Å². The molecule has 0 saturated carbocycles. The van der Waals surface area contributed by atoms with Gasteiger partial charge < -0.3 is 10.6 Å². The lowest BCUT2D eigenvalue weighted by Gasteiger charge is -2.15. The fraction of sp³-hybridized carbons (Fsp3) is 0.250. The van der Waals surface area contributed by atoms with Gasteiger partial charge in [0, 0.05) is 17.2 Å². The van der Waals surface area contributed by atoms with Crippen molar-refractivity contribution in [3.63, 3.8) is 0 Å². The van der Waals surface area contributed by atoms with Gasteiger partial charge in [-0.15, -0.1) is 0 Å². The molecule has 0 aromatic heterocycles. The van der Waals surface area contributed by atoms with Gasteiger partial charge in [-0.25, -0.2) is 0 Å². The molecule has 2 nitrogen and oxygen atoms in total. The molecule has 0 saturated heterocycles. The number of nitrogens with zero attached hydrogens (tertiary/aromatic N) is 1. The monoisotopic (exact) mass is 214 g/mol. The van der Waals surface area contributed by atoms with Crippen molar-refractivity contribution >= 4 is 21.6 Å². The van der Waals surface area contributed by atoms with Crippen LogP contribution < -0.4 is 10.6 Å². The highest BCUT2D eigenvalue weighted by Gasteiger charge is 1.95. The second-order valence-electron chi connectivity index (χ2n) is 2.36. The zero-order valence-corrected chi connectivity index (χ0v) is 8.01. The second-order valence-corrected chi connectivity index (χ2v) is 3.27. The third-order valence-corrected chi connectivity index (χ3v) is 2.07. The predicted octanol–water partition coefficient (Wildman–Crippen LogP) is 1.80. The van der Waals surface area contributed by atoms with E-state index in [-0.39, 0.29) is 0 Å². The molecule has 0 unspecified atom stereocenters. The third kappa shape index (κ3) is 2.20. The molecule has 0 amide bonds. The first kappa shape index (κ1) is 8.56. The van der Waals surface area contributed by atoms with Gasteiger partial charge in [0.15, 0.2) is 0 Å². The minimum absolute atomic E-state index is 0.543. The Balaban J connectivity index is 2.81. The number of rotatable bonds is 2. The molecule has 60 valence electrons. The van der Waals surface area contributed by atoms with E-state index in [1.165, 1.54) is 0 Å². The summed E-state index contributed by atoms with van der Waals surface area (Å²) in [4.78, 5) is 1.98. The zero-order valence-electron chi connectivity index (χ0n) is 6.42. The Hall–Kier alpha value is -0.540. The van der Waals surface area contributed by atoms with Crippen LogP contribution in [-0.4, -0.2) is 13.7 Å². The molecule has 2 N–H and O–H groups in total. The average molecular weight is 215 g/mol. The molecule has 0 heterocycles. The number of hydrogen-bond donors (Lipinski definition) is 1. The van der Waals surface area contributed by atoms with Gasteiger partial charge >= 0.3 is 0 Å². The lowest BCUT2D eigenvalue weighted by molar-refractivity contribution is 0.933. The van der Waals surface area contributed by atoms with Gasteiger partial charge in [-0.3, -0.25) is 0 Å². The van der Waals surface area contributed by atoms with E-state index in [4.69, 9.17) is 5.73 Å². The highest BCUT2D eigenvalue weighted by Crippen LogP contribution is 2.16. The molecular weight excluding hydrogens is 204 g/mol. The number of halogens is 1. The summed E-state index contributed by atoms with van der Waals surface area (Å²) in [7, 11) is 1.96. The van der Waals surface area contributed by atoms with Gasteiger partial charge in [-0.2, -0.15) is 0 Å². The molecule has 0 radical (unpaired) electrons. The summed E-state index contributed by atoms with van der Waals surface area (Å²) >= 11 is 3.37. The van der Waals surface area contributed by atoms with Gasteiger partial charge in [0.05, 0.1) is 6.67 Å². The topological polar surface area (TPSA) is 29.3 Å². The van der Waals surface area contributed by atoms with Crippen LogP contribution in [0.2, 0.25) is 0 Å². The van der Waals surface area contributed by atoms with Crippen LogP contribution in [0.15, 0.2) is 28.7 Å². The molecule has 1 aromatic rings. The first-order valence-electron chi connectivity index (χ1n) is 3.41. The van der Waals surface area contributed by atoms with Crippen LogP contribution in [0.3, 0.4) is 0 Å². The molecule has 0 aliphatic rings. The molecule has 1 rings (SSSR count). The van der Waals surface area contributed by atoms with E-state index in [0.717, 1.165) is 10.2 Å². The SMILES string of the molecule is CN(CN)c1ccc(Br)cc1. The number of hydrogen-bond acceptors (Lipinski definition) is 2. The summed E-state index contributed by atoms with van der Waals surface area (Å²) in [5.41, 5.74) is 6.59. The fourth-order valence-corrected chi connectivity index (χ4v) is 1.07. The van der Waals surface area contributed by atoms with E-state index >= 15 is 0 Å². The van der Waals surface area contributed by atoms with Gasteiger partial charge in [-0.1, -0.05) is 15.9 Å². The van der Waals surface area contributed by atoms with Crippen LogP contribution in [-0.2, 0) is 0 Å². The Morgan fingerprint density at radius 3 is 2.36 bits per heavy atom. The maximum absolute atomic E-state index is 5.46. The minimum atomic E-state index is 0.543. The quantitative estimate of drug-likeness (QED) is 0.762. The summed E-state index contributed by atoms with van der Waals surface area (Å²) in [6.07, 6.45) is 0. The van der Waals surface area contributed by atoms with Crippen LogP contribution in [0.4, 0.5) is 5.69 Å². The lowest BCUT2D eigenvalue weighted by atomic mass is 10.3. The van der Waals surface area contributed by atoms with Crippen molar-refractivity contribution in [2.45, 2.75) is 0 Å². The van der Waals surface area contributed by atoms with Crippen molar-refractivity contribution in [1.82, 2.24) is 0 Å². The van der Waals surface area contributed by atoms with Gasteiger partial charge in [-0.05, 0) is 24.3 Å². The van der Waals surface area contributed by atoms with Crippen molar-refractivity contribution in [2.24, 2.45) is 5.73 Å². The summed E-state index contributed by atoms with van der Waals surface area (Å²) in [6, 6.07) is 8.05. The van der Waals surface area contributed by atoms with Gasteiger partial charge in [0.2, 0.25) is 0 Å². The maximum Gasteiger partial charge on any atom is 0.0653 e. The highest BCUT2D eigenvalue weighted by atomic mass is 79.9. The van der Waals surface area contributed by atoms with E-state index in [0.29, 0.717) is 6.67 Å². The predicted molar refractivity (Wildman–Crippen MR) is 51.6 cm³/mol. The summed E-state index contributed by atoms with van der Waals surface area (Å²) in [5, 5.41) is 0. The van der Waals surface area contributed by atoms with Crippen molar-refractivity contribution in [1.29, 1.82) is 0 Å². The number of benzene rings is 1. The Morgan fingerprint density at radius 1 is 1.36 bits per heavy atom. The number of nitrogens with two attached hydrogens (primary N) is 1. The summed E-state index contributed by atoms with van der Waals surface area (Å²) in [6.45, 7) is 0.543. The van der Waals surface area contributed by atoms with Crippen LogP contribution in [0.1, 0.15) is 0 Å². The molecule has 0 bridgehead atoms. The van der Waals surface area contributed by atoms with Crippen LogP contribution in [0.5, 0.6) is 0 Å². The Morgan fingerprint density at radius 2 is 1.91 bits per heavy atom. The van der Waals surface area contributed by atoms with E-state index in [9.17, 15) is 0 Å². The average Bonchev–Trinajstić information content (AvgIpc) is 2.05. The molecule has 11 heavy (non-hydrogen) atoms. The lowest BCUT2D eigenvalue weighted by Crippen LogP contribution is -2.24. The normalized spacial score (nSPS) is 9.73. The summed E-state index contributed by atoms with van der Waals surface area (Å²) < 4.78 is 1.09.